The summed E-state index contributed by atoms with van der Waals surface area (Å²) >= 11 is 0. The Morgan fingerprint density at radius 3 is 1.70 bits per heavy atom. The van der Waals surface area contributed by atoms with Crippen LogP contribution in [0.3, 0.4) is 0 Å². The van der Waals surface area contributed by atoms with Crippen LogP contribution < -0.4 is 0 Å². The first kappa shape index (κ1) is 22.7. The Balaban J connectivity index is 1.34. The Morgan fingerprint density at radius 2 is 0.886 bits per heavy atom. The fourth-order valence-electron chi connectivity index (χ4n) is 8.25. The third-order valence-electron chi connectivity index (χ3n) is 9.99. The molecule has 0 unspecified atom stereocenters. The Hall–Kier alpha value is -5.86. The first-order chi connectivity index (χ1) is 21.9. The first-order valence-electron chi connectivity index (χ1n) is 15.3. The fourth-order valence-corrected chi connectivity index (χ4v) is 8.25. The molecule has 0 aliphatic rings. The van der Waals surface area contributed by atoms with Crippen molar-refractivity contribution in [2.45, 2.75) is 0 Å². The molecule has 0 atom stereocenters. The van der Waals surface area contributed by atoms with Crippen molar-refractivity contribution < 1.29 is 0 Å². The van der Waals surface area contributed by atoms with Gasteiger partial charge in [-0.2, -0.15) is 0 Å². The van der Waals surface area contributed by atoms with Crippen LogP contribution in [0.1, 0.15) is 0 Å². The average molecular weight is 557 g/mol. The van der Waals surface area contributed by atoms with Crippen LogP contribution >= 0.6 is 0 Å². The molecule has 11 aromatic rings. The molecule has 202 valence electrons. The molecule has 0 spiro atoms. The summed E-state index contributed by atoms with van der Waals surface area (Å²) in [7, 11) is 0. The standard InChI is InChI=1S/C42H24N2/c1-2-10-25(11-3-1)26-20-23-37-34(24-26)40-30(21-22-32-28-13-5-6-17-35(28)43(37)42(32)40)29-14-9-19-38-39(29)33-16-8-15-31-27-12-4-7-18-36(27)44(38)41(31)33/h1-24H. The molecule has 4 heterocycles. The topological polar surface area (TPSA) is 8.82 Å². The lowest BCUT2D eigenvalue weighted by atomic mass is 9.93. The maximum Gasteiger partial charge on any atom is 0.0626 e. The Morgan fingerprint density at radius 1 is 0.295 bits per heavy atom. The molecule has 0 amide bonds. The number of hydrogen-bond acceptors (Lipinski definition) is 0. The van der Waals surface area contributed by atoms with Crippen molar-refractivity contribution in [2.75, 3.05) is 0 Å². The lowest BCUT2D eigenvalue weighted by Crippen LogP contribution is -1.85. The summed E-state index contributed by atoms with van der Waals surface area (Å²) in [6.45, 7) is 0. The highest BCUT2D eigenvalue weighted by molar-refractivity contribution is 6.31. The second-order valence-corrected chi connectivity index (χ2v) is 12.1. The minimum absolute atomic E-state index is 1.24. The molecule has 2 nitrogen and oxygen atoms in total. The summed E-state index contributed by atoms with van der Waals surface area (Å²) in [6.07, 6.45) is 0. The average Bonchev–Trinajstić information content (AvgIpc) is 3.82. The van der Waals surface area contributed by atoms with Crippen molar-refractivity contribution in [3.63, 3.8) is 0 Å². The van der Waals surface area contributed by atoms with Crippen LogP contribution in [0.4, 0.5) is 0 Å². The van der Waals surface area contributed by atoms with Crippen LogP contribution in [-0.2, 0) is 0 Å². The molecule has 44 heavy (non-hydrogen) atoms. The summed E-state index contributed by atoms with van der Waals surface area (Å²) < 4.78 is 4.98. The van der Waals surface area contributed by atoms with Crippen molar-refractivity contribution in [1.82, 2.24) is 8.80 Å². The quantitative estimate of drug-likeness (QED) is 0.200. The van der Waals surface area contributed by atoms with Crippen LogP contribution in [0.15, 0.2) is 146 Å². The molecule has 0 bridgehead atoms. The van der Waals surface area contributed by atoms with E-state index in [9.17, 15) is 0 Å². The van der Waals surface area contributed by atoms with Crippen LogP contribution in [0.5, 0.6) is 0 Å². The zero-order valence-corrected chi connectivity index (χ0v) is 23.8. The van der Waals surface area contributed by atoms with E-state index in [1.54, 1.807) is 0 Å². The Bertz CT molecular complexity index is 2920. The first-order valence-corrected chi connectivity index (χ1v) is 15.3. The minimum Gasteiger partial charge on any atom is -0.308 e. The Kier molecular flexibility index (Phi) is 4.10. The zero-order chi connectivity index (χ0) is 28.5. The monoisotopic (exact) mass is 556 g/mol. The van der Waals surface area contributed by atoms with Crippen LogP contribution in [0, 0.1) is 0 Å². The van der Waals surface area contributed by atoms with Crippen molar-refractivity contribution in [3.05, 3.63) is 146 Å². The van der Waals surface area contributed by atoms with E-state index < -0.39 is 0 Å². The van der Waals surface area contributed by atoms with Crippen molar-refractivity contribution in [2.24, 2.45) is 0 Å². The minimum atomic E-state index is 1.24. The molecule has 0 radical (unpaired) electrons. The molecule has 0 N–H and O–H groups in total. The molecule has 4 aromatic heterocycles. The van der Waals surface area contributed by atoms with Gasteiger partial charge in [-0.25, -0.2) is 0 Å². The Labute approximate surface area is 252 Å². The predicted molar refractivity (Wildman–Crippen MR) is 187 cm³/mol. The van der Waals surface area contributed by atoms with Gasteiger partial charge in [0.15, 0.2) is 0 Å². The van der Waals surface area contributed by atoms with Crippen molar-refractivity contribution in [1.29, 1.82) is 0 Å². The van der Waals surface area contributed by atoms with Gasteiger partial charge in [0.1, 0.15) is 0 Å². The van der Waals surface area contributed by atoms with Gasteiger partial charge in [0.25, 0.3) is 0 Å². The van der Waals surface area contributed by atoms with Crippen LogP contribution in [0.2, 0.25) is 0 Å². The van der Waals surface area contributed by atoms with Gasteiger partial charge >= 0.3 is 0 Å². The number of benzene rings is 7. The van der Waals surface area contributed by atoms with E-state index >= 15 is 0 Å². The summed E-state index contributed by atoms with van der Waals surface area (Å²) in [4.78, 5) is 0. The molecule has 0 aliphatic heterocycles. The number of fused-ring (bicyclic) bond motifs is 12. The molecule has 0 saturated carbocycles. The zero-order valence-electron chi connectivity index (χ0n) is 23.8. The third kappa shape index (κ3) is 2.63. The van der Waals surface area contributed by atoms with Crippen molar-refractivity contribution in [3.8, 4) is 22.3 Å². The molecule has 0 aliphatic carbocycles. The van der Waals surface area contributed by atoms with E-state index in [4.69, 9.17) is 0 Å². The van der Waals surface area contributed by atoms with E-state index in [0.717, 1.165) is 0 Å². The molecule has 0 saturated heterocycles. The van der Waals surface area contributed by atoms with E-state index in [2.05, 4.69) is 154 Å². The molecular formula is C42H24N2. The van der Waals surface area contributed by atoms with Gasteiger partial charge in [0.2, 0.25) is 0 Å². The number of nitrogens with zero attached hydrogens (tertiary/aromatic N) is 2. The van der Waals surface area contributed by atoms with Gasteiger partial charge in [-0.3, -0.25) is 0 Å². The normalized spacial score (nSPS) is 12.5. The van der Waals surface area contributed by atoms with Crippen LogP contribution in [0.25, 0.3) is 98.4 Å². The third-order valence-corrected chi connectivity index (χ3v) is 9.99. The lowest BCUT2D eigenvalue weighted by Gasteiger charge is -2.09. The largest absolute Gasteiger partial charge is 0.308 e. The van der Waals surface area contributed by atoms with E-state index in [0.29, 0.717) is 0 Å². The highest BCUT2D eigenvalue weighted by Crippen LogP contribution is 2.48. The van der Waals surface area contributed by atoms with Gasteiger partial charge in [0, 0.05) is 43.1 Å². The summed E-state index contributed by atoms with van der Waals surface area (Å²) in [5.41, 5.74) is 12.7. The number of para-hydroxylation sites is 3. The van der Waals surface area contributed by atoms with E-state index in [1.165, 1.54) is 98.4 Å². The van der Waals surface area contributed by atoms with Gasteiger partial charge in [-0.15, -0.1) is 0 Å². The smallest absolute Gasteiger partial charge is 0.0626 e. The fraction of sp³-hybridized carbons (Fsp3) is 0. The molecule has 11 rings (SSSR count). The van der Waals surface area contributed by atoms with Crippen molar-refractivity contribution >= 4 is 76.2 Å². The highest BCUT2D eigenvalue weighted by Gasteiger charge is 2.24. The summed E-state index contributed by atoms with van der Waals surface area (Å²) in [6, 6.07) is 53.8. The van der Waals surface area contributed by atoms with Gasteiger partial charge in [-0.1, -0.05) is 115 Å². The second-order valence-electron chi connectivity index (χ2n) is 12.1. The van der Waals surface area contributed by atoms with Gasteiger partial charge in [0.05, 0.1) is 33.1 Å². The number of hydrogen-bond donors (Lipinski definition) is 0. The number of rotatable bonds is 2. The SMILES string of the molecule is c1ccc(-c2ccc3c(c2)c2c(-c4cccc5c4c4cccc6c7ccccc7n5c64)ccc4c5ccccc5n3c42)cc1. The molecule has 7 aromatic carbocycles. The van der Waals surface area contributed by atoms with Gasteiger partial charge in [-0.05, 0) is 52.6 Å². The van der Waals surface area contributed by atoms with Gasteiger partial charge < -0.3 is 8.80 Å². The van der Waals surface area contributed by atoms with Crippen LogP contribution in [-0.4, -0.2) is 8.80 Å². The molecule has 0 fully saturated rings. The highest BCUT2D eigenvalue weighted by atomic mass is 14.9. The van der Waals surface area contributed by atoms with E-state index in [-0.39, 0.29) is 0 Å². The predicted octanol–water partition coefficient (Wildman–Crippen LogP) is 11.3. The summed E-state index contributed by atoms with van der Waals surface area (Å²) in [5, 5.41) is 10.5. The molecule has 2 heteroatoms. The maximum absolute atomic E-state index is 2.49. The molecular weight excluding hydrogens is 532 g/mol. The number of aromatic nitrogens is 2. The second kappa shape index (κ2) is 7.94. The maximum atomic E-state index is 2.49. The van der Waals surface area contributed by atoms with E-state index in [1.807, 2.05) is 0 Å². The lowest BCUT2D eigenvalue weighted by molar-refractivity contribution is 1.37. The summed E-state index contributed by atoms with van der Waals surface area (Å²) in [5.74, 6) is 0.